The molecule has 0 bridgehead atoms. The van der Waals surface area contributed by atoms with E-state index in [1.807, 2.05) is 17.5 Å². The van der Waals surface area contributed by atoms with E-state index in [4.69, 9.17) is 21.1 Å². The van der Waals surface area contributed by atoms with Gasteiger partial charge < -0.3 is 9.47 Å². The number of carbonyl (C=O) groups excluding carboxylic acids is 1. The van der Waals surface area contributed by atoms with Crippen LogP contribution in [0.15, 0.2) is 41.8 Å². The van der Waals surface area contributed by atoms with Crippen molar-refractivity contribution in [1.29, 1.82) is 0 Å². The fraction of sp³-hybridized carbons (Fsp3) is 0.100. The standard InChI is InChI=1S/C20H14ClFN2O3S2/c1-26-11-4-6-12(15(8-11)27-2)14-9-28-20(23-14)24-19(25)18-17(21)13-5-3-10(22)7-16(13)29-18/h3-9H,1-2H3,(H,23,24,25). The van der Waals surface area contributed by atoms with Gasteiger partial charge in [-0.05, 0) is 30.3 Å². The second-order valence-electron chi connectivity index (χ2n) is 5.94. The van der Waals surface area contributed by atoms with Crippen molar-refractivity contribution in [2.75, 3.05) is 19.5 Å². The molecule has 0 unspecified atom stereocenters. The molecule has 1 amide bonds. The molecule has 29 heavy (non-hydrogen) atoms. The SMILES string of the molecule is COc1ccc(-c2csc(NC(=O)c3sc4cc(F)ccc4c3Cl)n2)c(OC)c1. The van der Waals surface area contributed by atoms with Crippen LogP contribution in [0.4, 0.5) is 9.52 Å². The van der Waals surface area contributed by atoms with Crippen LogP contribution >= 0.6 is 34.3 Å². The highest BCUT2D eigenvalue weighted by atomic mass is 35.5. The average molecular weight is 449 g/mol. The molecule has 0 saturated carbocycles. The quantitative estimate of drug-likeness (QED) is 0.401. The number of anilines is 1. The number of fused-ring (bicyclic) bond motifs is 1. The van der Waals surface area contributed by atoms with Crippen LogP contribution < -0.4 is 14.8 Å². The van der Waals surface area contributed by atoms with Crippen molar-refractivity contribution in [2.45, 2.75) is 0 Å². The predicted molar refractivity (Wildman–Crippen MR) is 115 cm³/mol. The number of methoxy groups -OCH3 is 2. The van der Waals surface area contributed by atoms with E-state index >= 15 is 0 Å². The molecule has 0 aliphatic heterocycles. The number of hydrogen-bond acceptors (Lipinski definition) is 6. The van der Waals surface area contributed by atoms with Crippen molar-refractivity contribution >= 4 is 55.4 Å². The van der Waals surface area contributed by atoms with E-state index in [1.165, 1.54) is 23.5 Å². The minimum atomic E-state index is -0.390. The summed E-state index contributed by atoms with van der Waals surface area (Å²) in [4.78, 5) is 17.5. The third-order valence-electron chi connectivity index (χ3n) is 4.21. The van der Waals surface area contributed by atoms with Gasteiger partial charge in [0, 0.05) is 27.1 Å². The number of nitrogens with zero attached hydrogens (tertiary/aromatic N) is 1. The lowest BCUT2D eigenvalue weighted by Crippen LogP contribution is -2.10. The number of rotatable bonds is 5. The molecule has 9 heteroatoms. The average Bonchev–Trinajstić information content (AvgIpc) is 3.31. The highest BCUT2D eigenvalue weighted by Crippen LogP contribution is 2.37. The fourth-order valence-electron chi connectivity index (χ4n) is 2.80. The van der Waals surface area contributed by atoms with Gasteiger partial charge in [0.2, 0.25) is 0 Å². The van der Waals surface area contributed by atoms with Crippen molar-refractivity contribution in [3.8, 4) is 22.8 Å². The lowest BCUT2D eigenvalue weighted by Gasteiger charge is -2.08. The molecule has 1 N–H and O–H groups in total. The van der Waals surface area contributed by atoms with E-state index in [0.717, 1.165) is 16.9 Å². The molecule has 2 heterocycles. The Morgan fingerprint density at radius 1 is 1.17 bits per heavy atom. The van der Waals surface area contributed by atoms with Gasteiger partial charge in [0.25, 0.3) is 5.91 Å². The Hall–Kier alpha value is -2.68. The third-order valence-corrected chi connectivity index (χ3v) is 6.62. The Bertz CT molecular complexity index is 1220. The predicted octanol–water partition coefficient (Wildman–Crippen LogP) is 6.09. The monoisotopic (exact) mass is 448 g/mol. The molecule has 2 aromatic carbocycles. The number of thiophene rings is 1. The number of aromatic nitrogens is 1. The van der Waals surface area contributed by atoms with Crippen LogP contribution in [0.3, 0.4) is 0 Å². The number of hydrogen-bond donors (Lipinski definition) is 1. The van der Waals surface area contributed by atoms with Gasteiger partial charge >= 0.3 is 0 Å². The smallest absolute Gasteiger partial charge is 0.269 e. The van der Waals surface area contributed by atoms with Crippen molar-refractivity contribution in [2.24, 2.45) is 0 Å². The highest BCUT2D eigenvalue weighted by Gasteiger charge is 2.19. The van der Waals surface area contributed by atoms with E-state index < -0.39 is 0 Å². The molecule has 0 saturated heterocycles. The normalized spacial score (nSPS) is 10.9. The Balaban J connectivity index is 1.60. The molecule has 0 spiro atoms. The first-order valence-electron chi connectivity index (χ1n) is 8.37. The summed E-state index contributed by atoms with van der Waals surface area (Å²) in [6.45, 7) is 0. The molecule has 5 nitrogen and oxygen atoms in total. The third kappa shape index (κ3) is 3.78. The molecule has 2 aromatic heterocycles. The Morgan fingerprint density at radius 2 is 2.00 bits per heavy atom. The van der Waals surface area contributed by atoms with Crippen molar-refractivity contribution in [3.05, 3.63) is 57.5 Å². The van der Waals surface area contributed by atoms with E-state index in [9.17, 15) is 9.18 Å². The van der Waals surface area contributed by atoms with Gasteiger partial charge in [-0.1, -0.05) is 11.6 Å². The molecule has 0 aliphatic carbocycles. The maximum absolute atomic E-state index is 13.4. The molecule has 0 fully saturated rings. The zero-order valence-electron chi connectivity index (χ0n) is 15.3. The minimum absolute atomic E-state index is 0.302. The van der Waals surface area contributed by atoms with E-state index in [0.29, 0.717) is 42.3 Å². The number of amides is 1. The van der Waals surface area contributed by atoms with Crippen LogP contribution in [-0.2, 0) is 0 Å². The number of halogens is 2. The van der Waals surface area contributed by atoms with Gasteiger partial charge in [0.1, 0.15) is 22.2 Å². The summed E-state index contributed by atoms with van der Waals surface area (Å²) in [5.41, 5.74) is 1.44. The van der Waals surface area contributed by atoms with Gasteiger partial charge in [-0.15, -0.1) is 22.7 Å². The Morgan fingerprint density at radius 3 is 2.76 bits per heavy atom. The number of thiazole rings is 1. The maximum atomic E-state index is 13.4. The first kappa shape index (κ1) is 19.6. The zero-order valence-corrected chi connectivity index (χ0v) is 17.7. The van der Waals surface area contributed by atoms with Gasteiger partial charge in [-0.2, -0.15) is 0 Å². The minimum Gasteiger partial charge on any atom is -0.497 e. The van der Waals surface area contributed by atoms with Crippen LogP contribution in [-0.4, -0.2) is 25.1 Å². The number of ether oxygens (including phenoxy) is 2. The van der Waals surface area contributed by atoms with E-state index in [2.05, 4.69) is 10.3 Å². The lowest BCUT2D eigenvalue weighted by molar-refractivity contribution is 0.103. The Kier molecular flexibility index (Phi) is 5.40. The summed E-state index contributed by atoms with van der Waals surface area (Å²) < 4.78 is 24.7. The van der Waals surface area contributed by atoms with E-state index in [-0.39, 0.29) is 11.7 Å². The molecule has 0 radical (unpaired) electrons. The molecule has 4 rings (SSSR count). The number of benzene rings is 2. The van der Waals surface area contributed by atoms with Gasteiger partial charge in [0.15, 0.2) is 5.13 Å². The number of nitrogens with one attached hydrogen (secondary N) is 1. The topological polar surface area (TPSA) is 60.5 Å². The fourth-order valence-corrected chi connectivity index (χ4v) is 4.95. The summed E-state index contributed by atoms with van der Waals surface area (Å²) >= 11 is 8.74. The van der Waals surface area contributed by atoms with Crippen molar-refractivity contribution in [1.82, 2.24) is 4.98 Å². The largest absolute Gasteiger partial charge is 0.497 e. The molecule has 4 aromatic rings. The summed E-state index contributed by atoms with van der Waals surface area (Å²) in [5.74, 6) is 0.520. The first-order chi connectivity index (χ1) is 14.0. The van der Waals surface area contributed by atoms with Gasteiger partial charge in [-0.3, -0.25) is 10.1 Å². The van der Waals surface area contributed by atoms with Gasteiger partial charge in [-0.25, -0.2) is 9.37 Å². The molecular weight excluding hydrogens is 435 g/mol. The van der Waals surface area contributed by atoms with Crippen molar-refractivity contribution < 1.29 is 18.7 Å². The second kappa shape index (κ2) is 7.98. The number of carbonyl (C=O) groups is 1. The molecule has 0 atom stereocenters. The zero-order chi connectivity index (χ0) is 20.5. The summed E-state index contributed by atoms with van der Waals surface area (Å²) in [6, 6.07) is 9.67. The second-order valence-corrected chi connectivity index (χ2v) is 8.23. The van der Waals surface area contributed by atoms with Gasteiger partial charge in [0.05, 0.1) is 24.9 Å². The van der Waals surface area contributed by atoms with Crippen LogP contribution in [0.25, 0.3) is 21.3 Å². The Labute approximate surface area is 178 Å². The highest BCUT2D eigenvalue weighted by molar-refractivity contribution is 7.22. The van der Waals surface area contributed by atoms with E-state index in [1.54, 1.807) is 26.4 Å². The maximum Gasteiger partial charge on any atom is 0.269 e. The van der Waals surface area contributed by atoms with Crippen molar-refractivity contribution in [3.63, 3.8) is 0 Å². The van der Waals surface area contributed by atoms with Crippen LogP contribution in [0.1, 0.15) is 9.67 Å². The van der Waals surface area contributed by atoms with Crippen LogP contribution in [0.2, 0.25) is 5.02 Å². The summed E-state index contributed by atoms with van der Waals surface area (Å²) in [7, 11) is 3.15. The molecular formula is C20H14ClFN2O3S2. The molecule has 148 valence electrons. The summed E-state index contributed by atoms with van der Waals surface area (Å²) in [6.07, 6.45) is 0. The molecule has 0 aliphatic rings. The van der Waals surface area contributed by atoms with Crippen LogP contribution in [0.5, 0.6) is 11.5 Å². The van der Waals surface area contributed by atoms with Crippen LogP contribution in [0, 0.1) is 5.82 Å². The summed E-state index contributed by atoms with van der Waals surface area (Å²) in [5, 5.41) is 5.95. The lowest BCUT2D eigenvalue weighted by atomic mass is 10.1. The first-order valence-corrected chi connectivity index (χ1v) is 10.4.